The lowest BCUT2D eigenvalue weighted by Gasteiger charge is -2.09. The van der Waals surface area contributed by atoms with Gasteiger partial charge in [0.25, 0.3) is 0 Å². The van der Waals surface area contributed by atoms with E-state index in [0.29, 0.717) is 17.1 Å². The first kappa shape index (κ1) is 14.6. The normalized spacial score (nSPS) is 10.0. The van der Waals surface area contributed by atoms with E-state index in [2.05, 4.69) is 0 Å². The number of carbonyl (C=O) groups is 2. The zero-order valence-corrected chi connectivity index (χ0v) is 11.6. The minimum absolute atomic E-state index is 0.0661. The van der Waals surface area contributed by atoms with Gasteiger partial charge in [0, 0.05) is 11.1 Å². The quantitative estimate of drug-likeness (QED) is 0.855. The second kappa shape index (κ2) is 6.09. The molecule has 0 saturated heterocycles. The van der Waals surface area contributed by atoms with Crippen LogP contribution >= 0.6 is 0 Å². The van der Waals surface area contributed by atoms with Crippen LogP contribution < -0.4 is 9.47 Å². The summed E-state index contributed by atoms with van der Waals surface area (Å²) in [6.07, 6.45) is 0. The summed E-state index contributed by atoms with van der Waals surface area (Å²) in [6, 6.07) is 10.8. The lowest BCUT2D eigenvalue weighted by molar-refractivity contribution is 0.0692. The largest absolute Gasteiger partial charge is 0.497 e. The lowest BCUT2D eigenvalue weighted by atomic mass is 9.98. The molecule has 2 rings (SSSR count). The number of ketones is 1. The van der Waals surface area contributed by atoms with Crippen molar-refractivity contribution in [2.45, 2.75) is 0 Å². The molecule has 0 unspecified atom stereocenters. The summed E-state index contributed by atoms with van der Waals surface area (Å²) in [5, 5.41) is 9.21. The number of benzene rings is 2. The number of rotatable bonds is 5. The number of hydrogen-bond donors (Lipinski definition) is 1. The molecule has 0 atom stereocenters. The number of methoxy groups -OCH3 is 2. The van der Waals surface area contributed by atoms with Gasteiger partial charge in [0.2, 0.25) is 0 Å². The number of carboxylic acids is 1. The molecule has 0 saturated carbocycles. The molecule has 0 aliphatic heterocycles. The van der Waals surface area contributed by atoms with Crippen molar-refractivity contribution in [2.24, 2.45) is 0 Å². The van der Waals surface area contributed by atoms with Gasteiger partial charge in [-0.05, 0) is 30.3 Å². The van der Waals surface area contributed by atoms with Crippen LogP contribution in [-0.2, 0) is 0 Å². The molecule has 5 heteroatoms. The zero-order chi connectivity index (χ0) is 15.4. The highest BCUT2D eigenvalue weighted by atomic mass is 16.5. The first-order valence-corrected chi connectivity index (χ1v) is 6.17. The van der Waals surface area contributed by atoms with Crippen LogP contribution in [0.5, 0.6) is 11.5 Å². The molecule has 21 heavy (non-hydrogen) atoms. The molecule has 0 aliphatic carbocycles. The van der Waals surface area contributed by atoms with Crippen LogP contribution in [0.1, 0.15) is 26.3 Å². The number of carboxylic acid groups (broad SMARTS) is 1. The first-order chi connectivity index (χ1) is 10.1. The van der Waals surface area contributed by atoms with E-state index in [-0.39, 0.29) is 11.1 Å². The van der Waals surface area contributed by atoms with Crippen LogP contribution in [-0.4, -0.2) is 31.1 Å². The van der Waals surface area contributed by atoms with Gasteiger partial charge in [-0.3, -0.25) is 4.79 Å². The van der Waals surface area contributed by atoms with E-state index in [1.165, 1.54) is 32.4 Å². The van der Waals surface area contributed by atoms with Gasteiger partial charge in [-0.25, -0.2) is 4.79 Å². The highest BCUT2D eigenvalue weighted by Crippen LogP contribution is 2.22. The minimum Gasteiger partial charge on any atom is -0.497 e. The number of carbonyl (C=O) groups excluding carboxylic acids is 1. The molecule has 0 spiro atoms. The predicted molar refractivity (Wildman–Crippen MR) is 76.4 cm³/mol. The van der Waals surface area contributed by atoms with E-state index in [0.717, 1.165) is 0 Å². The molecule has 2 aromatic carbocycles. The Kier molecular flexibility index (Phi) is 4.23. The van der Waals surface area contributed by atoms with Crippen molar-refractivity contribution in [3.05, 3.63) is 59.2 Å². The van der Waals surface area contributed by atoms with Crippen LogP contribution in [0, 0.1) is 0 Å². The summed E-state index contributed by atoms with van der Waals surface area (Å²) in [5.74, 6) is -0.610. The minimum atomic E-state index is -1.16. The van der Waals surface area contributed by atoms with Crippen LogP contribution in [0.25, 0.3) is 0 Å². The lowest BCUT2D eigenvalue weighted by Crippen LogP contribution is -2.10. The smallest absolute Gasteiger partial charge is 0.336 e. The van der Waals surface area contributed by atoms with Crippen molar-refractivity contribution in [1.82, 2.24) is 0 Å². The number of hydrogen-bond acceptors (Lipinski definition) is 4. The average molecular weight is 286 g/mol. The van der Waals surface area contributed by atoms with Gasteiger partial charge in [-0.15, -0.1) is 0 Å². The predicted octanol–water partition coefficient (Wildman–Crippen LogP) is 2.63. The third-order valence-corrected chi connectivity index (χ3v) is 3.03. The molecule has 0 amide bonds. The van der Waals surface area contributed by atoms with Crippen molar-refractivity contribution >= 4 is 11.8 Å². The van der Waals surface area contributed by atoms with E-state index in [1.54, 1.807) is 24.3 Å². The van der Waals surface area contributed by atoms with E-state index in [4.69, 9.17) is 9.47 Å². The fourth-order valence-electron chi connectivity index (χ4n) is 1.94. The molecular formula is C16H14O5. The van der Waals surface area contributed by atoms with Crippen LogP contribution in [0.4, 0.5) is 0 Å². The fourth-order valence-corrected chi connectivity index (χ4v) is 1.94. The Morgan fingerprint density at radius 2 is 1.57 bits per heavy atom. The molecule has 0 aliphatic rings. The Labute approximate surface area is 121 Å². The van der Waals surface area contributed by atoms with Crippen LogP contribution in [0.15, 0.2) is 42.5 Å². The maximum Gasteiger partial charge on any atom is 0.336 e. The highest BCUT2D eigenvalue weighted by Gasteiger charge is 2.19. The van der Waals surface area contributed by atoms with Crippen molar-refractivity contribution in [3.63, 3.8) is 0 Å². The summed E-state index contributed by atoms with van der Waals surface area (Å²) in [6.45, 7) is 0. The van der Waals surface area contributed by atoms with Crippen molar-refractivity contribution in [2.75, 3.05) is 14.2 Å². The van der Waals surface area contributed by atoms with Crippen molar-refractivity contribution in [1.29, 1.82) is 0 Å². The Morgan fingerprint density at radius 1 is 0.905 bits per heavy atom. The standard InChI is InChI=1S/C16H14O5/c1-20-11-5-3-4-10(8-11)15(17)14-9-12(21-2)6-7-13(14)16(18)19/h3-9H,1-2H3,(H,18,19). The van der Waals surface area contributed by atoms with E-state index in [1.807, 2.05) is 0 Å². The molecule has 0 bridgehead atoms. The van der Waals surface area contributed by atoms with Gasteiger partial charge in [-0.1, -0.05) is 12.1 Å². The first-order valence-electron chi connectivity index (χ1n) is 6.17. The molecule has 0 aromatic heterocycles. The third-order valence-electron chi connectivity index (χ3n) is 3.03. The molecule has 0 radical (unpaired) electrons. The molecule has 0 fully saturated rings. The van der Waals surface area contributed by atoms with E-state index < -0.39 is 11.8 Å². The molecule has 0 heterocycles. The maximum absolute atomic E-state index is 12.5. The van der Waals surface area contributed by atoms with Gasteiger partial charge in [0.1, 0.15) is 11.5 Å². The Bertz CT molecular complexity index is 691. The Morgan fingerprint density at radius 3 is 2.19 bits per heavy atom. The summed E-state index contributed by atoms with van der Waals surface area (Å²) in [4.78, 5) is 23.8. The van der Waals surface area contributed by atoms with Crippen molar-refractivity contribution < 1.29 is 24.2 Å². The summed E-state index contributed by atoms with van der Waals surface area (Å²) < 4.78 is 10.1. The second-order valence-corrected chi connectivity index (χ2v) is 4.28. The summed E-state index contributed by atoms with van der Waals surface area (Å²) in [7, 11) is 2.95. The Balaban J connectivity index is 2.52. The van der Waals surface area contributed by atoms with Gasteiger partial charge in [0.05, 0.1) is 19.8 Å². The van der Waals surface area contributed by atoms with E-state index >= 15 is 0 Å². The summed E-state index contributed by atoms with van der Waals surface area (Å²) in [5.41, 5.74) is 0.365. The summed E-state index contributed by atoms with van der Waals surface area (Å²) >= 11 is 0. The third kappa shape index (κ3) is 3.02. The zero-order valence-electron chi connectivity index (χ0n) is 11.6. The monoisotopic (exact) mass is 286 g/mol. The number of aromatic carboxylic acids is 1. The van der Waals surface area contributed by atoms with Gasteiger partial charge < -0.3 is 14.6 Å². The Hall–Kier alpha value is -2.82. The van der Waals surface area contributed by atoms with Crippen molar-refractivity contribution in [3.8, 4) is 11.5 Å². The average Bonchev–Trinajstić information content (AvgIpc) is 2.53. The molecule has 108 valence electrons. The molecular weight excluding hydrogens is 272 g/mol. The van der Waals surface area contributed by atoms with Gasteiger partial charge >= 0.3 is 5.97 Å². The molecule has 1 N–H and O–H groups in total. The SMILES string of the molecule is COc1cccc(C(=O)c2cc(OC)ccc2C(=O)O)c1. The van der Waals surface area contributed by atoms with Gasteiger partial charge in [0.15, 0.2) is 5.78 Å². The molecule has 5 nitrogen and oxygen atoms in total. The topological polar surface area (TPSA) is 72.8 Å². The van der Waals surface area contributed by atoms with Crippen LogP contribution in [0.2, 0.25) is 0 Å². The maximum atomic E-state index is 12.5. The highest BCUT2D eigenvalue weighted by molar-refractivity contribution is 6.14. The van der Waals surface area contributed by atoms with Crippen LogP contribution in [0.3, 0.4) is 0 Å². The number of ether oxygens (including phenoxy) is 2. The second-order valence-electron chi connectivity index (χ2n) is 4.28. The molecule has 2 aromatic rings. The van der Waals surface area contributed by atoms with Gasteiger partial charge in [-0.2, -0.15) is 0 Å². The fraction of sp³-hybridized carbons (Fsp3) is 0.125. The van der Waals surface area contributed by atoms with E-state index in [9.17, 15) is 14.7 Å².